The number of nitrogens with zero attached hydrogens (tertiary/aromatic N) is 2. The van der Waals surface area contributed by atoms with Crippen molar-refractivity contribution in [2.45, 2.75) is 0 Å². The van der Waals surface area contributed by atoms with Gasteiger partial charge in [-0.25, -0.2) is 0 Å². The SMILES string of the molecule is O=C(O)CN1C(=O)CSC=C1c1ccc([N+](=O)[O-])cc1. The Kier molecular flexibility index (Phi) is 4.04. The van der Waals surface area contributed by atoms with Crippen LogP contribution in [0.1, 0.15) is 5.56 Å². The summed E-state index contributed by atoms with van der Waals surface area (Å²) in [4.78, 5) is 33.8. The van der Waals surface area contributed by atoms with Gasteiger partial charge in [-0.3, -0.25) is 24.6 Å². The van der Waals surface area contributed by atoms with Crippen LogP contribution in [-0.4, -0.2) is 39.1 Å². The van der Waals surface area contributed by atoms with Crippen molar-refractivity contribution in [3.8, 4) is 0 Å². The third-order valence-corrected chi connectivity index (χ3v) is 3.46. The number of amides is 1. The monoisotopic (exact) mass is 294 g/mol. The lowest BCUT2D eigenvalue weighted by molar-refractivity contribution is -0.384. The Labute approximate surface area is 118 Å². The van der Waals surface area contributed by atoms with Gasteiger partial charge >= 0.3 is 5.97 Å². The van der Waals surface area contributed by atoms with E-state index in [1.54, 1.807) is 5.41 Å². The minimum atomic E-state index is -1.11. The van der Waals surface area contributed by atoms with E-state index in [9.17, 15) is 19.7 Å². The van der Waals surface area contributed by atoms with Gasteiger partial charge in [-0.2, -0.15) is 0 Å². The Morgan fingerprint density at radius 2 is 2.05 bits per heavy atom. The molecule has 1 amide bonds. The van der Waals surface area contributed by atoms with Crippen molar-refractivity contribution in [2.75, 3.05) is 12.3 Å². The summed E-state index contributed by atoms with van der Waals surface area (Å²) in [6, 6.07) is 5.63. The lowest BCUT2D eigenvalue weighted by Gasteiger charge is -2.27. The first-order valence-electron chi connectivity index (χ1n) is 5.58. The number of aliphatic carboxylic acids is 1. The quantitative estimate of drug-likeness (QED) is 0.668. The first-order chi connectivity index (χ1) is 9.49. The van der Waals surface area contributed by atoms with Gasteiger partial charge in [-0.1, -0.05) is 0 Å². The van der Waals surface area contributed by atoms with Crippen LogP contribution >= 0.6 is 11.8 Å². The molecule has 1 aromatic carbocycles. The van der Waals surface area contributed by atoms with Gasteiger partial charge in [-0.05, 0) is 23.1 Å². The Morgan fingerprint density at radius 3 is 2.60 bits per heavy atom. The van der Waals surface area contributed by atoms with Crippen LogP contribution in [0.4, 0.5) is 5.69 Å². The molecule has 1 aliphatic heterocycles. The van der Waals surface area contributed by atoms with Crippen molar-refractivity contribution < 1.29 is 19.6 Å². The summed E-state index contributed by atoms with van der Waals surface area (Å²) >= 11 is 1.27. The van der Waals surface area contributed by atoms with E-state index in [1.807, 2.05) is 0 Å². The van der Waals surface area contributed by atoms with Crippen LogP contribution in [0.2, 0.25) is 0 Å². The molecule has 0 aliphatic carbocycles. The maximum absolute atomic E-state index is 11.8. The van der Waals surface area contributed by atoms with Gasteiger partial charge in [0.2, 0.25) is 5.91 Å². The number of benzene rings is 1. The first-order valence-corrected chi connectivity index (χ1v) is 6.62. The summed E-state index contributed by atoms with van der Waals surface area (Å²) in [5, 5.41) is 21.1. The number of nitro benzene ring substituents is 1. The number of hydrogen-bond donors (Lipinski definition) is 1. The normalized spacial score (nSPS) is 14.9. The highest BCUT2D eigenvalue weighted by molar-refractivity contribution is 8.03. The number of carbonyl (C=O) groups is 2. The number of carbonyl (C=O) groups excluding carboxylic acids is 1. The van der Waals surface area contributed by atoms with Crippen molar-refractivity contribution in [2.24, 2.45) is 0 Å². The smallest absolute Gasteiger partial charge is 0.323 e. The molecule has 0 aromatic heterocycles. The second-order valence-electron chi connectivity index (χ2n) is 3.99. The second kappa shape index (κ2) is 5.74. The third kappa shape index (κ3) is 2.97. The van der Waals surface area contributed by atoms with Crippen molar-refractivity contribution >= 4 is 35.0 Å². The van der Waals surface area contributed by atoms with Gasteiger partial charge in [0.05, 0.1) is 16.4 Å². The molecule has 104 valence electrons. The van der Waals surface area contributed by atoms with Crippen molar-refractivity contribution in [1.29, 1.82) is 0 Å². The van der Waals surface area contributed by atoms with Crippen LogP contribution in [0.5, 0.6) is 0 Å². The molecule has 20 heavy (non-hydrogen) atoms. The van der Waals surface area contributed by atoms with E-state index in [-0.39, 0.29) is 17.3 Å². The number of nitro groups is 1. The Morgan fingerprint density at radius 1 is 1.40 bits per heavy atom. The van der Waals surface area contributed by atoms with Crippen LogP contribution in [0.25, 0.3) is 5.70 Å². The number of rotatable bonds is 4. The largest absolute Gasteiger partial charge is 0.480 e. The van der Waals surface area contributed by atoms with Crippen molar-refractivity contribution in [3.05, 3.63) is 45.4 Å². The average molecular weight is 294 g/mol. The molecule has 1 heterocycles. The molecular weight excluding hydrogens is 284 g/mol. The van der Waals surface area contributed by atoms with Crippen molar-refractivity contribution in [3.63, 3.8) is 0 Å². The number of carboxylic acids is 1. The van der Waals surface area contributed by atoms with Gasteiger partial charge in [0, 0.05) is 12.1 Å². The summed E-state index contributed by atoms with van der Waals surface area (Å²) in [6.07, 6.45) is 0. The summed E-state index contributed by atoms with van der Waals surface area (Å²) in [5.41, 5.74) is 0.954. The molecule has 1 N–H and O–H groups in total. The zero-order valence-corrected chi connectivity index (χ0v) is 11.0. The average Bonchev–Trinajstić information content (AvgIpc) is 2.41. The summed E-state index contributed by atoms with van der Waals surface area (Å²) in [5.74, 6) is -1.23. The Hall–Kier alpha value is -2.35. The van der Waals surface area contributed by atoms with E-state index in [0.29, 0.717) is 11.3 Å². The molecule has 0 atom stereocenters. The minimum Gasteiger partial charge on any atom is -0.480 e. The minimum absolute atomic E-state index is 0.0612. The molecule has 0 spiro atoms. The number of thioether (sulfide) groups is 1. The van der Waals surface area contributed by atoms with E-state index >= 15 is 0 Å². The van der Waals surface area contributed by atoms with E-state index in [0.717, 1.165) is 0 Å². The van der Waals surface area contributed by atoms with Gasteiger partial charge in [0.25, 0.3) is 5.69 Å². The fourth-order valence-corrected chi connectivity index (χ4v) is 2.56. The standard InChI is InChI=1S/C12H10N2O5S/c15-11-7-20-6-10(13(11)5-12(16)17)8-1-3-9(4-2-8)14(18)19/h1-4,6H,5,7H2,(H,16,17). The molecule has 1 aliphatic rings. The summed E-state index contributed by atoms with van der Waals surface area (Å²) in [7, 11) is 0. The Bertz CT molecular complexity index is 596. The highest BCUT2D eigenvalue weighted by Crippen LogP contribution is 2.29. The van der Waals surface area contributed by atoms with Gasteiger partial charge in [0.1, 0.15) is 6.54 Å². The van der Waals surface area contributed by atoms with Crippen LogP contribution < -0.4 is 0 Å². The predicted molar refractivity (Wildman–Crippen MR) is 72.9 cm³/mol. The van der Waals surface area contributed by atoms with Gasteiger partial charge < -0.3 is 5.11 Å². The fraction of sp³-hybridized carbons (Fsp3) is 0.167. The maximum Gasteiger partial charge on any atom is 0.323 e. The lowest BCUT2D eigenvalue weighted by atomic mass is 10.1. The second-order valence-corrected chi connectivity index (χ2v) is 4.85. The van der Waals surface area contributed by atoms with Crippen LogP contribution in [0, 0.1) is 10.1 Å². The van der Waals surface area contributed by atoms with Crippen LogP contribution in [0.15, 0.2) is 29.7 Å². The first kappa shape index (κ1) is 14.1. The van der Waals surface area contributed by atoms with Crippen molar-refractivity contribution in [1.82, 2.24) is 4.90 Å². The maximum atomic E-state index is 11.8. The topological polar surface area (TPSA) is 101 Å². The summed E-state index contributed by atoms with van der Waals surface area (Å²) in [6.45, 7) is -0.428. The third-order valence-electron chi connectivity index (χ3n) is 2.66. The molecule has 7 nitrogen and oxygen atoms in total. The highest BCUT2D eigenvalue weighted by Gasteiger charge is 2.25. The zero-order chi connectivity index (χ0) is 14.7. The number of non-ortho nitro benzene ring substituents is 1. The molecule has 8 heteroatoms. The molecule has 0 saturated carbocycles. The zero-order valence-electron chi connectivity index (χ0n) is 10.2. The highest BCUT2D eigenvalue weighted by atomic mass is 32.2. The lowest BCUT2D eigenvalue weighted by Crippen LogP contribution is -2.37. The molecule has 1 aromatic rings. The molecule has 0 fully saturated rings. The number of carboxylic acid groups (broad SMARTS) is 1. The fourth-order valence-electron chi connectivity index (χ4n) is 1.75. The molecular formula is C12H10N2O5S. The molecule has 0 unspecified atom stereocenters. The van der Waals surface area contributed by atoms with Gasteiger partial charge in [-0.15, -0.1) is 11.8 Å². The molecule has 0 bridgehead atoms. The number of hydrogen-bond acceptors (Lipinski definition) is 5. The predicted octanol–water partition coefficient (Wildman–Crippen LogP) is 1.55. The molecule has 2 rings (SSSR count). The van der Waals surface area contributed by atoms with E-state index < -0.39 is 17.4 Å². The van der Waals surface area contributed by atoms with E-state index in [1.165, 1.54) is 40.9 Å². The van der Waals surface area contributed by atoms with E-state index in [4.69, 9.17) is 5.11 Å². The van der Waals surface area contributed by atoms with Gasteiger partial charge in [0.15, 0.2) is 0 Å². The summed E-state index contributed by atoms with van der Waals surface area (Å²) < 4.78 is 0. The molecule has 0 saturated heterocycles. The van der Waals surface area contributed by atoms with Crippen LogP contribution in [-0.2, 0) is 9.59 Å². The molecule has 0 radical (unpaired) electrons. The van der Waals surface area contributed by atoms with E-state index in [2.05, 4.69) is 0 Å². The van der Waals surface area contributed by atoms with Crippen LogP contribution in [0.3, 0.4) is 0 Å². The Balaban J connectivity index is 2.32.